The molecule has 80 valence electrons. The van der Waals surface area contributed by atoms with Crippen LogP contribution >= 0.6 is 0 Å². The Hall–Kier alpha value is -2.35. The van der Waals surface area contributed by atoms with E-state index in [9.17, 15) is 0 Å². The van der Waals surface area contributed by atoms with Gasteiger partial charge in [-0.2, -0.15) is 0 Å². The van der Waals surface area contributed by atoms with E-state index < -0.39 is 0 Å². The van der Waals surface area contributed by atoms with Gasteiger partial charge >= 0.3 is 0 Å². The monoisotopic (exact) mass is 218 g/mol. The summed E-state index contributed by atoms with van der Waals surface area (Å²) in [5.41, 5.74) is 3.37. The number of pyridine rings is 1. The summed E-state index contributed by atoms with van der Waals surface area (Å²) < 4.78 is 0. The zero-order valence-electron chi connectivity index (χ0n) is 9.14. The Morgan fingerprint density at radius 3 is 2.82 bits per heavy atom. The maximum atomic E-state index is 4.33. The molecule has 4 aromatic rings. The second-order valence-corrected chi connectivity index (χ2v) is 4.26. The number of para-hydroxylation sites is 1. The summed E-state index contributed by atoms with van der Waals surface area (Å²) >= 11 is 0. The highest BCUT2D eigenvalue weighted by Crippen LogP contribution is 2.26. The van der Waals surface area contributed by atoms with Gasteiger partial charge in [0.1, 0.15) is 0 Å². The second-order valence-electron chi connectivity index (χ2n) is 4.26. The minimum absolute atomic E-state index is 1.05. The molecule has 0 atom stereocenters. The molecule has 0 unspecified atom stereocenters. The molecule has 4 rings (SSSR count). The zero-order chi connectivity index (χ0) is 11.2. The average molecular weight is 218 g/mol. The Kier molecular flexibility index (Phi) is 1.59. The first kappa shape index (κ1) is 8.76. The van der Waals surface area contributed by atoms with E-state index in [1.54, 1.807) is 0 Å². The lowest BCUT2D eigenvalue weighted by Gasteiger charge is -2.04. The van der Waals surface area contributed by atoms with Gasteiger partial charge in [-0.25, -0.2) is 0 Å². The molecule has 2 heteroatoms. The lowest BCUT2D eigenvalue weighted by atomic mass is 10.1. The normalized spacial score (nSPS) is 11.5. The van der Waals surface area contributed by atoms with Crippen molar-refractivity contribution in [2.45, 2.75) is 0 Å². The summed E-state index contributed by atoms with van der Waals surface area (Å²) in [7, 11) is 0. The number of H-pyrrole nitrogens is 1. The fourth-order valence-corrected chi connectivity index (χ4v) is 2.40. The molecular formula is C15H10N2. The maximum absolute atomic E-state index is 4.33. The largest absolute Gasteiger partial charge is 0.354 e. The first-order valence-electron chi connectivity index (χ1n) is 5.67. The molecule has 0 spiro atoms. The van der Waals surface area contributed by atoms with Crippen molar-refractivity contribution in [3.8, 4) is 0 Å². The van der Waals surface area contributed by atoms with E-state index >= 15 is 0 Å². The molecule has 0 saturated carbocycles. The number of aromatic amines is 1. The second kappa shape index (κ2) is 3.08. The molecule has 2 aromatic heterocycles. The highest BCUT2D eigenvalue weighted by Gasteiger charge is 2.03. The number of nitrogens with one attached hydrogen (secondary N) is 1. The Morgan fingerprint density at radius 2 is 1.82 bits per heavy atom. The molecule has 0 amide bonds. The van der Waals surface area contributed by atoms with Crippen molar-refractivity contribution in [3.63, 3.8) is 0 Å². The fraction of sp³-hybridized carbons (Fsp3) is 0. The molecule has 0 radical (unpaired) electrons. The third-order valence-corrected chi connectivity index (χ3v) is 3.24. The SMILES string of the molecule is c1ccc2[nH]c3c(ccc4nccc43)cc2c1. The zero-order valence-corrected chi connectivity index (χ0v) is 9.14. The van der Waals surface area contributed by atoms with Crippen LogP contribution in [-0.4, -0.2) is 9.97 Å². The van der Waals surface area contributed by atoms with Gasteiger partial charge in [0.2, 0.25) is 0 Å². The Labute approximate surface area is 97.9 Å². The highest BCUT2D eigenvalue weighted by molar-refractivity contribution is 6.07. The van der Waals surface area contributed by atoms with Crippen LogP contribution in [0.4, 0.5) is 0 Å². The lowest BCUT2D eigenvalue weighted by Crippen LogP contribution is -1.82. The van der Waals surface area contributed by atoms with Crippen molar-refractivity contribution in [3.05, 3.63) is 54.7 Å². The molecule has 0 aliphatic rings. The van der Waals surface area contributed by atoms with Crippen molar-refractivity contribution in [2.75, 3.05) is 0 Å². The van der Waals surface area contributed by atoms with Gasteiger partial charge in [0.05, 0.1) is 11.0 Å². The lowest BCUT2D eigenvalue weighted by molar-refractivity contribution is 1.48. The summed E-state index contributed by atoms with van der Waals surface area (Å²) in [6.45, 7) is 0. The smallest absolute Gasteiger partial charge is 0.0723 e. The summed E-state index contributed by atoms with van der Waals surface area (Å²) in [6, 6.07) is 16.8. The van der Waals surface area contributed by atoms with Crippen LogP contribution in [0.1, 0.15) is 0 Å². The van der Waals surface area contributed by atoms with E-state index in [0.717, 1.165) is 11.0 Å². The minimum Gasteiger partial charge on any atom is -0.354 e. The number of benzene rings is 2. The van der Waals surface area contributed by atoms with Crippen molar-refractivity contribution >= 4 is 32.7 Å². The van der Waals surface area contributed by atoms with Crippen LogP contribution in [0.2, 0.25) is 0 Å². The van der Waals surface area contributed by atoms with Crippen LogP contribution in [0.25, 0.3) is 32.7 Å². The number of rotatable bonds is 0. The molecule has 2 heterocycles. The van der Waals surface area contributed by atoms with E-state index in [2.05, 4.69) is 52.4 Å². The van der Waals surface area contributed by atoms with Crippen LogP contribution < -0.4 is 0 Å². The van der Waals surface area contributed by atoms with E-state index in [4.69, 9.17) is 0 Å². The van der Waals surface area contributed by atoms with Crippen molar-refractivity contribution in [2.24, 2.45) is 0 Å². The van der Waals surface area contributed by atoms with Gasteiger partial charge in [0, 0.05) is 17.1 Å². The van der Waals surface area contributed by atoms with Crippen LogP contribution in [0.15, 0.2) is 54.7 Å². The summed E-state index contributed by atoms with van der Waals surface area (Å²) in [4.78, 5) is 7.83. The quantitative estimate of drug-likeness (QED) is 0.446. The van der Waals surface area contributed by atoms with E-state index in [-0.39, 0.29) is 0 Å². The molecule has 0 aliphatic heterocycles. The van der Waals surface area contributed by atoms with Gasteiger partial charge in [-0.3, -0.25) is 4.98 Å². The Morgan fingerprint density at radius 1 is 0.882 bits per heavy atom. The first-order valence-corrected chi connectivity index (χ1v) is 5.67. The number of hydrogen-bond acceptors (Lipinski definition) is 1. The van der Waals surface area contributed by atoms with Crippen LogP contribution in [0, 0.1) is 0 Å². The van der Waals surface area contributed by atoms with E-state index in [1.807, 2.05) is 12.3 Å². The maximum Gasteiger partial charge on any atom is 0.0723 e. The summed E-state index contributed by atoms with van der Waals surface area (Å²) in [6.07, 6.45) is 1.85. The van der Waals surface area contributed by atoms with Gasteiger partial charge in [-0.1, -0.05) is 24.3 Å². The number of fused-ring (bicyclic) bond motifs is 4. The predicted molar refractivity (Wildman–Crippen MR) is 71.1 cm³/mol. The number of nitrogens with zero attached hydrogens (tertiary/aromatic N) is 1. The number of aromatic nitrogens is 2. The predicted octanol–water partition coefficient (Wildman–Crippen LogP) is 3.87. The molecule has 0 fully saturated rings. The van der Waals surface area contributed by atoms with Crippen molar-refractivity contribution in [1.29, 1.82) is 0 Å². The van der Waals surface area contributed by atoms with Crippen molar-refractivity contribution < 1.29 is 0 Å². The molecule has 17 heavy (non-hydrogen) atoms. The highest BCUT2D eigenvalue weighted by atomic mass is 14.7. The van der Waals surface area contributed by atoms with E-state index in [1.165, 1.54) is 21.7 Å². The number of hydrogen-bond donors (Lipinski definition) is 1. The van der Waals surface area contributed by atoms with Gasteiger partial charge in [-0.15, -0.1) is 0 Å². The molecule has 1 N–H and O–H groups in total. The summed E-state index contributed by atoms with van der Waals surface area (Å²) in [5.74, 6) is 0. The third kappa shape index (κ3) is 1.18. The molecule has 2 nitrogen and oxygen atoms in total. The molecule has 2 aromatic carbocycles. The minimum atomic E-state index is 1.05. The third-order valence-electron chi connectivity index (χ3n) is 3.24. The topological polar surface area (TPSA) is 28.7 Å². The van der Waals surface area contributed by atoms with Gasteiger partial charge < -0.3 is 4.98 Å². The van der Waals surface area contributed by atoms with Gasteiger partial charge in [-0.05, 0) is 35.0 Å². The Balaban J connectivity index is 2.29. The van der Waals surface area contributed by atoms with Gasteiger partial charge in [0.25, 0.3) is 0 Å². The standard InChI is InChI=1S/C15H10N2/c1-2-4-13-10(3-1)9-11-5-6-14-12(7-8-16-14)15(11)17-13/h1-9,17H. The van der Waals surface area contributed by atoms with E-state index in [0.29, 0.717) is 0 Å². The molecule has 0 saturated heterocycles. The van der Waals surface area contributed by atoms with Gasteiger partial charge in [0.15, 0.2) is 0 Å². The first-order chi connectivity index (χ1) is 8.42. The molecule has 0 aliphatic carbocycles. The molecular weight excluding hydrogens is 208 g/mol. The summed E-state index contributed by atoms with van der Waals surface area (Å²) in [5, 5.41) is 3.65. The average Bonchev–Trinajstić information content (AvgIpc) is 2.85. The van der Waals surface area contributed by atoms with Crippen LogP contribution in [0.3, 0.4) is 0 Å². The Bertz CT molecular complexity index is 843. The fourth-order valence-electron chi connectivity index (χ4n) is 2.40. The molecule has 0 bridgehead atoms. The van der Waals surface area contributed by atoms with Crippen LogP contribution in [0.5, 0.6) is 0 Å². The van der Waals surface area contributed by atoms with Crippen LogP contribution in [-0.2, 0) is 0 Å². The van der Waals surface area contributed by atoms with Crippen molar-refractivity contribution in [1.82, 2.24) is 9.97 Å².